The maximum absolute atomic E-state index is 5.29. The molecular formula is C22H26N4OS. The predicted octanol–water partition coefficient (Wildman–Crippen LogP) is 4.30. The number of nitrogens with zero attached hydrogens (tertiary/aromatic N) is 4. The van der Waals surface area contributed by atoms with Crippen LogP contribution in [-0.4, -0.2) is 52.7 Å². The second-order valence-corrected chi connectivity index (χ2v) is 8.42. The summed E-state index contributed by atoms with van der Waals surface area (Å²) in [4.78, 5) is 2.40. The summed E-state index contributed by atoms with van der Waals surface area (Å²) >= 11 is 1.81. The molecule has 4 rings (SSSR count). The lowest BCUT2D eigenvalue weighted by Gasteiger charge is -2.13. The average molecular weight is 395 g/mol. The number of likely N-dealkylation sites (tertiary alicyclic amines) is 1. The molecule has 0 radical (unpaired) electrons. The van der Waals surface area contributed by atoms with E-state index in [4.69, 9.17) is 4.74 Å². The standard InChI is InChI=1S/C22H26N4OS/c1-16-4-8-19(9-5-16)26-21(18-6-10-20(27-3)11-7-18)23-24-22(26)28-15-17-12-13-25(2)14-17/h4-11,17H,12-15H2,1-3H3. The van der Waals surface area contributed by atoms with Gasteiger partial charge in [0.2, 0.25) is 0 Å². The molecule has 5 nitrogen and oxygen atoms in total. The Bertz CT molecular complexity index is 921. The SMILES string of the molecule is COc1ccc(-c2nnc(SCC3CCN(C)C3)n2-c2ccc(C)cc2)cc1. The summed E-state index contributed by atoms with van der Waals surface area (Å²) in [6.07, 6.45) is 1.26. The van der Waals surface area contributed by atoms with Crippen molar-refractivity contribution in [3.05, 3.63) is 54.1 Å². The number of methoxy groups -OCH3 is 1. The lowest BCUT2D eigenvalue weighted by atomic mass is 10.2. The highest BCUT2D eigenvalue weighted by atomic mass is 32.2. The largest absolute Gasteiger partial charge is 0.497 e. The summed E-state index contributed by atoms with van der Waals surface area (Å²) in [5.74, 6) is 3.47. The third kappa shape index (κ3) is 4.08. The van der Waals surface area contributed by atoms with Gasteiger partial charge in [-0.25, -0.2) is 0 Å². The first-order chi connectivity index (χ1) is 13.6. The van der Waals surface area contributed by atoms with Gasteiger partial charge in [0.15, 0.2) is 11.0 Å². The van der Waals surface area contributed by atoms with Gasteiger partial charge in [0, 0.05) is 23.5 Å². The molecule has 1 saturated heterocycles. The second-order valence-electron chi connectivity index (χ2n) is 7.43. The third-order valence-electron chi connectivity index (χ3n) is 5.21. The minimum absolute atomic E-state index is 0.711. The topological polar surface area (TPSA) is 43.2 Å². The summed E-state index contributed by atoms with van der Waals surface area (Å²) in [6, 6.07) is 16.5. The molecule has 2 aromatic carbocycles. The molecule has 1 unspecified atom stereocenters. The van der Waals surface area contributed by atoms with E-state index < -0.39 is 0 Å². The number of aryl methyl sites for hydroxylation is 1. The minimum atomic E-state index is 0.711. The van der Waals surface area contributed by atoms with E-state index in [0.29, 0.717) is 5.92 Å². The van der Waals surface area contributed by atoms with Crippen LogP contribution in [0.1, 0.15) is 12.0 Å². The number of thioether (sulfide) groups is 1. The monoisotopic (exact) mass is 394 g/mol. The van der Waals surface area contributed by atoms with Crippen LogP contribution < -0.4 is 4.74 Å². The van der Waals surface area contributed by atoms with Gasteiger partial charge < -0.3 is 9.64 Å². The van der Waals surface area contributed by atoms with Gasteiger partial charge >= 0.3 is 0 Å². The molecule has 3 aromatic rings. The lowest BCUT2D eigenvalue weighted by Crippen LogP contribution is -2.15. The highest BCUT2D eigenvalue weighted by Gasteiger charge is 2.22. The first kappa shape index (κ1) is 19.0. The molecule has 0 amide bonds. The van der Waals surface area contributed by atoms with Crippen molar-refractivity contribution in [1.82, 2.24) is 19.7 Å². The molecule has 1 aliphatic rings. The zero-order valence-corrected chi connectivity index (χ0v) is 17.4. The third-order valence-corrected chi connectivity index (χ3v) is 6.37. The van der Waals surface area contributed by atoms with E-state index in [0.717, 1.165) is 40.3 Å². The van der Waals surface area contributed by atoms with Crippen LogP contribution in [0.4, 0.5) is 0 Å². The van der Waals surface area contributed by atoms with Crippen LogP contribution >= 0.6 is 11.8 Å². The van der Waals surface area contributed by atoms with Crippen molar-refractivity contribution >= 4 is 11.8 Å². The fraction of sp³-hybridized carbons (Fsp3) is 0.364. The van der Waals surface area contributed by atoms with E-state index in [2.05, 4.69) is 57.9 Å². The fourth-order valence-corrected chi connectivity index (χ4v) is 4.65. The molecule has 1 fully saturated rings. The predicted molar refractivity (Wildman–Crippen MR) is 114 cm³/mol. The first-order valence-electron chi connectivity index (χ1n) is 9.62. The second kappa shape index (κ2) is 8.37. The molecule has 1 aliphatic heterocycles. The van der Waals surface area contributed by atoms with Crippen LogP contribution in [0.25, 0.3) is 17.1 Å². The molecule has 0 spiro atoms. The number of aromatic nitrogens is 3. The van der Waals surface area contributed by atoms with Gasteiger partial charge in [-0.1, -0.05) is 29.5 Å². The van der Waals surface area contributed by atoms with Crippen molar-refractivity contribution in [2.24, 2.45) is 5.92 Å². The fourth-order valence-electron chi connectivity index (χ4n) is 3.57. The Morgan fingerprint density at radius 3 is 2.46 bits per heavy atom. The van der Waals surface area contributed by atoms with E-state index in [1.807, 2.05) is 24.3 Å². The minimum Gasteiger partial charge on any atom is -0.497 e. The van der Waals surface area contributed by atoms with E-state index in [9.17, 15) is 0 Å². The van der Waals surface area contributed by atoms with E-state index in [1.165, 1.54) is 18.5 Å². The van der Waals surface area contributed by atoms with E-state index >= 15 is 0 Å². The first-order valence-corrected chi connectivity index (χ1v) is 10.6. The van der Waals surface area contributed by atoms with E-state index in [-0.39, 0.29) is 0 Å². The zero-order valence-electron chi connectivity index (χ0n) is 16.6. The normalized spacial score (nSPS) is 17.2. The Labute approximate surface area is 170 Å². The van der Waals surface area contributed by atoms with Crippen LogP contribution in [0.2, 0.25) is 0 Å². The van der Waals surface area contributed by atoms with Crippen molar-refractivity contribution in [3.8, 4) is 22.8 Å². The number of rotatable bonds is 6. The molecule has 1 atom stereocenters. The Kier molecular flexibility index (Phi) is 5.69. The molecule has 146 valence electrons. The molecule has 1 aromatic heterocycles. The van der Waals surface area contributed by atoms with Gasteiger partial charge in [-0.3, -0.25) is 4.57 Å². The molecule has 0 N–H and O–H groups in total. The van der Waals surface area contributed by atoms with Crippen LogP contribution in [-0.2, 0) is 0 Å². The number of benzene rings is 2. The summed E-state index contributed by atoms with van der Waals surface area (Å²) in [6.45, 7) is 4.45. The molecule has 28 heavy (non-hydrogen) atoms. The summed E-state index contributed by atoms with van der Waals surface area (Å²) in [7, 11) is 3.88. The highest BCUT2D eigenvalue weighted by Crippen LogP contribution is 2.31. The molecule has 6 heteroatoms. The lowest BCUT2D eigenvalue weighted by molar-refractivity contribution is 0.403. The summed E-state index contributed by atoms with van der Waals surface area (Å²) in [5, 5.41) is 10.0. The number of ether oxygens (including phenoxy) is 1. The van der Waals surface area contributed by atoms with Gasteiger partial charge in [0.05, 0.1) is 7.11 Å². The van der Waals surface area contributed by atoms with Crippen LogP contribution in [0, 0.1) is 12.8 Å². The Morgan fingerprint density at radius 2 is 1.82 bits per heavy atom. The van der Waals surface area contributed by atoms with Crippen molar-refractivity contribution in [2.75, 3.05) is 33.0 Å². The van der Waals surface area contributed by atoms with Gasteiger partial charge in [-0.2, -0.15) is 0 Å². The average Bonchev–Trinajstić information content (AvgIpc) is 3.33. The molecule has 0 saturated carbocycles. The maximum atomic E-state index is 5.29. The van der Waals surface area contributed by atoms with Gasteiger partial charge in [-0.05, 0) is 69.3 Å². The van der Waals surface area contributed by atoms with Crippen LogP contribution in [0.5, 0.6) is 5.75 Å². The molecule has 2 heterocycles. The van der Waals surface area contributed by atoms with Crippen LogP contribution in [0.3, 0.4) is 0 Å². The van der Waals surface area contributed by atoms with Crippen molar-refractivity contribution in [2.45, 2.75) is 18.5 Å². The zero-order chi connectivity index (χ0) is 19.5. The van der Waals surface area contributed by atoms with Crippen molar-refractivity contribution in [1.29, 1.82) is 0 Å². The van der Waals surface area contributed by atoms with Crippen molar-refractivity contribution < 1.29 is 4.74 Å². The Morgan fingerprint density at radius 1 is 1.07 bits per heavy atom. The highest BCUT2D eigenvalue weighted by molar-refractivity contribution is 7.99. The summed E-state index contributed by atoms with van der Waals surface area (Å²) in [5.41, 5.74) is 3.36. The van der Waals surface area contributed by atoms with Gasteiger partial charge in [0.1, 0.15) is 5.75 Å². The summed E-state index contributed by atoms with van der Waals surface area (Å²) < 4.78 is 7.46. The van der Waals surface area contributed by atoms with Gasteiger partial charge in [-0.15, -0.1) is 10.2 Å². The van der Waals surface area contributed by atoms with Gasteiger partial charge in [0.25, 0.3) is 0 Å². The Balaban J connectivity index is 1.67. The number of hydrogen-bond acceptors (Lipinski definition) is 5. The molecular weight excluding hydrogens is 368 g/mol. The van der Waals surface area contributed by atoms with E-state index in [1.54, 1.807) is 18.9 Å². The Hall–Kier alpha value is -2.31. The van der Waals surface area contributed by atoms with Crippen LogP contribution in [0.15, 0.2) is 53.7 Å². The maximum Gasteiger partial charge on any atom is 0.196 e. The number of hydrogen-bond donors (Lipinski definition) is 0. The quantitative estimate of drug-likeness (QED) is 0.583. The molecule has 0 aliphatic carbocycles. The smallest absolute Gasteiger partial charge is 0.196 e. The van der Waals surface area contributed by atoms with Crippen molar-refractivity contribution in [3.63, 3.8) is 0 Å². The molecule has 0 bridgehead atoms.